The van der Waals surface area contributed by atoms with Crippen molar-refractivity contribution in [1.29, 1.82) is 0 Å². The zero-order valence-corrected chi connectivity index (χ0v) is 23.5. The summed E-state index contributed by atoms with van der Waals surface area (Å²) in [6.07, 6.45) is 4.64. The number of pyridine rings is 2. The van der Waals surface area contributed by atoms with Gasteiger partial charge in [-0.2, -0.15) is 18.3 Å². The molecule has 0 saturated carbocycles. The second kappa shape index (κ2) is 11.2. The van der Waals surface area contributed by atoms with Crippen molar-refractivity contribution < 1.29 is 22.2 Å². The van der Waals surface area contributed by atoms with Crippen LogP contribution >= 0.6 is 23.2 Å². The molecule has 0 fully saturated rings. The molecule has 0 aliphatic heterocycles. The van der Waals surface area contributed by atoms with E-state index in [2.05, 4.69) is 35.7 Å². The van der Waals surface area contributed by atoms with Gasteiger partial charge < -0.3 is 0 Å². The summed E-state index contributed by atoms with van der Waals surface area (Å²) in [6.45, 7) is 0. The predicted molar refractivity (Wildman–Crippen MR) is 147 cm³/mol. The highest BCUT2D eigenvalue weighted by Crippen LogP contribution is 2.34. The molecule has 0 saturated heterocycles. The average Bonchev–Trinajstić information content (AvgIpc) is 3.74. The van der Waals surface area contributed by atoms with Crippen LogP contribution in [-0.2, 0) is 19.6 Å². The Balaban J connectivity index is 1.39. The first-order valence-electron chi connectivity index (χ1n) is 12.6. The van der Waals surface area contributed by atoms with E-state index in [0.717, 1.165) is 12.3 Å². The monoisotopic (exact) mass is 629 g/mol. The van der Waals surface area contributed by atoms with Crippen LogP contribution in [0.5, 0.6) is 0 Å². The second-order valence-electron chi connectivity index (χ2n) is 9.50. The first-order valence-corrected chi connectivity index (χ1v) is 13.3. The number of halogens is 6. The summed E-state index contributed by atoms with van der Waals surface area (Å²) < 4.78 is 59.7. The highest BCUT2D eigenvalue weighted by Gasteiger charge is 2.32. The van der Waals surface area contributed by atoms with Crippen LogP contribution in [0.1, 0.15) is 23.1 Å². The van der Waals surface area contributed by atoms with Gasteiger partial charge in [-0.05, 0) is 47.5 Å². The van der Waals surface area contributed by atoms with E-state index in [4.69, 9.17) is 23.2 Å². The van der Waals surface area contributed by atoms with E-state index in [1.807, 2.05) is 0 Å². The number of aryl methyl sites for hydroxylation is 1. The minimum Gasteiger partial charge on any atom is -0.263 e. The van der Waals surface area contributed by atoms with Gasteiger partial charge >= 0.3 is 11.3 Å². The summed E-state index contributed by atoms with van der Waals surface area (Å²) in [4.78, 5) is 8.06. The smallest absolute Gasteiger partial charge is 0.263 e. The fraction of sp³-hybridized carbons (Fsp3) is 0.148. The molecule has 5 aromatic heterocycles. The van der Waals surface area contributed by atoms with Crippen LogP contribution in [0.15, 0.2) is 73.6 Å². The van der Waals surface area contributed by atoms with Gasteiger partial charge in [0, 0.05) is 49.4 Å². The topological polar surface area (TPSA) is 107 Å². The average molecular weight is 630 g/mol. The maximum atomic E-state index is 15.4. The van der Waals surface area contributed by atoms with E-state index in [1.165, 1.54) is 35.4 Å². The Morgan fingerprint density at radius 1 is 1.00 bits per heavy atom. The third kappa shape index (κ3) is 5.83. The summed E-state index contributed by atoms with van der Waals surface area (Å²) in [5.41, 5.74) is 1.92. The lowest BCUT2D eigenvalue weighted by Gasteiger charge is -2.17. The number of benzene rings is 1. The van der Waals surface area contributed by atoms with Crippen LogP contribution in [-0.4, -0.2) is 45.1 Å². The fourth-order valence-corrected chi connectivity index (χ4v) is 4.89. The molecule has 10 nitrogen and oxygen atoms in total. The summed E-state index contributed by atoms with van der Waals surface area (Å²) in [5, 5.41) is 19.3. The molecule has 0 bridgehead atoms. The maximum absolute atomic E-state index is 15.4. The van der Waals surface area contributed by atoms with Crippen LogP contribution in [0.3, 0.4) is 0 Å². The Kier molecular flexibility index (Phi) is 7.40. The number of H-pyrrole nitrogens is 1. The predicted octanol–water partition coefficient (Wildman–Crippen LogP) is 5.43. The Labute approximate surface area is 250 Å². The van der Waals surface area contributed by atoms with Crippen molar-refractivity contribution in [3.8, 4) is 27.9 Å². The van der Waals surface area contributed by atoms with Gasteiger partial charge in [-0.15, -0.1) is 9.78 Å². The van der Waals surface area contributed by atoms with E-state index < -0.39 is 23.7 Å². The lowest BCUT2D eigenvalue weighted by atomic mass is 10.0. The van der Waals surface area contributed by atoms with E-state index in [-0.39, 0.29) is 15.7 Å². The SMILES string of the molecule is Cn1cc(C[C@H](c2ccc(-c3c(-[n+]4cc(Cl)n[nH]4)ccc(Cl)c3F)cn2)n2cc(-c3ccnc(C(F)(F)F)c3)cn2)nn1. The quantitative estimate of drug-likeness (QED) is 0.186. The van der Waals surface area contributed by atoms with Crippen LogP contribution < -0.4 is 4.68 Å². The molecule has 0 aliphatic rings. The van der Waals surface area contributed by atoms with Gasteiger partial charge in [0.25, 0.3) is 0 Å². The molecule has 0 aliphatic carbocycles. The molecule has 0 amide bonds. The summed E-state index contributed by atoms with van der Waals surface area (Å²) in [5.74, 6) is -0.657. The van der Waals surface area contributed by atoms with Crippen LogP contribution in [0, 0.1) is 5.82 Å². The number of hydrogen-bond donors (Lipinski definition) is 1. The van der Waals surface area contributed by atoms with Crippen molar-refractivity contribution in [2.45, 2.75) is 18.6 Å². The number of aromatic amines is 1. The zero-order chi connectivity index (χ0) is 30.3. The summed E-state index contributed by atoms with van der Waals surface area (Å²) in [7, 11) is 1.73. The van der Waals surface area contributed by atoms with Gasteiger partial charge in [-0.25, -0.2) is 4.39 Å². The molecule has 1 atom stereocenters. The Morgan fingerprint density at radius 2 is 1.84 bits per heavy atom. The molecule has 218 valence electrons. The lowest BCUT2D eigenvalue weighted by molar-refractivity contribution is -0.659. The number of hydrogen-bond acceptors (Lipinski definition) is 6. The fourth-order valence-electron chi connectivity index (χ4n) is 4.60. The van der Waals surface area contributed by atoms with Crippen molar-refractivity contribution in [1.82, 2.24) is 45.1 Å². The van der Waals surface area contributed by atoms with Crippen molar-refractivity contribution in [2.24, 2.45) is 7.05 Å². The Morgan fingerprint density at radius 3 is 2.51 bits per heavy atom. The number of nitrogens with zero attached hydrogens (tertiary/aromatic N) is 9. The molecule has 1 aromatic carbocycles. The highest BCUT2D eigenvalue weighted by atomic mass is 35.5. The first kappa shape index (κ1) is 28.4. The Hall–Kier alpha value is -4.69. The van der Waals surface area contributed by atoms with Gasteiger partial charge in [0.1, 0.15) is 5.69 Å². The third-order valence-electron chi connectivity index (χ3n) is 6.61. The molecular weight excluding hydrogens is 611 g/mol. The molecular formula is C27H19Cl2F4N10+. The largest absolute Gasteiger partial charge is 0.433 e. The van der Waals surface area contributed by atoms with Gasteiger partial charge in [-0.3, -0.25) is 19.3 Å². The highest BCUT2D eigenvalue weighted by molar-refractivity contribution is 6.31. The molecule has 0 radical (unpaired) electrons. The minimum absolute atomic E-state index is 0.0802. The molecule has 6 rings (SSSR count). The minimum atomic E-state index is -4.59. The first-order chi connectivity index (χ1) is 20.6. The van der Waals surface area contributed by atoms with Crippen LogP contribution in [0.2, 0.25) is 10.2 Å². The van der Waals surface area contributed by atoms with Gasteiger partial charge in [-0.1, -0.05) is 28.1 Å². The van der Waals surface area contributed by atoms with Crippen LogP contribution in [0.4, 0.5) is 17.6 Å². The molecule has 16 heteroatoms. The zero-order valence-electron chi connectivity index (χ0n) is 22.0. The standard InChI is InChI=1S/C27H18Cl2F4N10/c1-41-13-18(37-39-41)9-22(42-12-17(11-36-42)15-6-7-34-23(8-15)27(31,32)33)20-4-2-16(10-35-20)25-21(5-3-19(28)26(25)30)43-14-24(29)38-40-43/h2-8,10-14,22H,9H2,1H3/p+1/t22-/m1/s1. The van der Waals surface area contributed by atoms with Gasteiger partial charge in [0.15, 0.2) is 17.7 Å². The molecule has 0 unspecified atom stereocenters. The van der Waals surface area contributed by atoms with E-state index in [0.29, 0.717) is 40.2 Å². The van der Waals surface area contributed by atoms with E-state index in [9.17, 15) is 13.2 Å². The van der Waals surface area contributed by atoms with Crippen LogP contribution in [0.25, 0.3) is 27.9 Å². The molecule has 5 heterocycles. The number of alkyl halides is 3. The summed E-state index contributed by atoms with van der Waals surface area (Å²) in [6, 6.07) is 8.34. The maximum Gasteiger partial charge on any atom is 0.433 e. The summed E-state index contributed by atoms with van der Waals surface area (Å²) >= 11 is 12.1. The van der Waals surface area contributed by atoms with Crippen molar-refractivity contribution in [3.05, 3.63) is 107 Å². The van der Waals surface area contributed by atoms with E-state index in [1.54, 1.807) is 47.0 Å². The van der Waals surface area contributed by atoms with Gasteiger partial charge in [0.2, 0.25) is 0 Å². The number of nitrogens with one attached hydrogen (secondary N) is 1. The number of aromatic nitrogens is 10. The van der Waals surface area contributed by atoms with Crippen molar-refractivity contribution in [3.63, 3.8) is 0 Å². The lowest BCUT2D eigenvalue weighted by Crippen LogP contribution is -2.33. The molecule has 43 heavy (non-hydrogen) atoms. The molecule has 0 spiro atoms. The second-order valence-corrected chi connectivity index (χ2v) is 10.3. The van der Waals surface area contributed by atoms with Crippen molar-refractivity contribution >= 4 is 23.2 Å². The molecule has 6 aromatic rings. The number of rotatable bonds is 7. The Bertz CT molecular complexity index is 1910. The molecule has 1 N–H and O–H groups in total. The normalized spacial score (nSPS) is 12.5. The third-order valence-corrected chi connectivity index (χ3v) is 7.08. The van der Waals surface area contributed by atoms with Crippen molar-refractivity contribution in [2.75, 3.05) is 0 Å². The van der Waals surface area contributed by atoms with Gasteiger partial charge in [0.05, 0.1) is 39.3 Å². The van der Waals surface area contributed by atoms with E-state index >= 15 is 4.39 Å².